The summed E-state index contributed by atoms with van der Waals surface area (Å²) < 4.78 is 17.3. The Morgan fingerprint density at radius 3 is 1.63 bits per heavy atom. The second-order valence-corrected chi connectivity index (χ2v) is 11.1. The van der Waals surface area contributed by atoms with Crippen LogP contribution in [-0.2, 0) is 4.57 Å². The van der Waals surface area contributed by atoms with Gasteiger partial charge in [-0.05, 0) is 35.4 Å². The molecule has 35 heavy (non-hydrogen) atoms. The van der Waals surface area contributed by atoms with Gasteiger partial charge in [0.25, 0.3) is 0 Å². The first-order chi connectivity index (χ1) is 17.2. The van der Waals surface area contributed by atoms with E-state index in [1.807, 2.05) is 109 Å². The van der Waals surface area contributed by atoms with Gasteiger partial charge in [0.05, 0.1) is 11.0 Å². The van der Waals surface area contributed by atoms with Crippen LogP contribution < -0.4 is 16.2 Å². The van der Waals surface area contributed by atoms with Gasteiger partial charge in [-0.15, -0.1) is 0 Å². The zero-order valence-corrected chi connectivity index (χ0v) is 19.9. The lowest BCUT2D eigenvalue weighted by molar-refractivity contribution is 0.591. The van der Waals surface area contributed by atoms with Crippen molar-refractivity contribution >= 4 is 34.3 Å². The first kappa shape index (κ1) is 21.3. The summed E-state index contributed by atoms with van der Waals surface area (Å²) in [5.74, 6) is 0. The Hall–Kier alpha value is -4.20. The summed E-state index contributed by atoms with van der Waals surface area (Å²) in [5.41, 5.74) is 5.44. The highest BCUT2D eigenvalue weighted by atomic mass is 31.2. The van der Waals surface area contributed by atoms with Gasteiger partial charge in [-0.2, -0.15) is 0 Å². The lowest BCUT2D eigenvalue weighted by Crippen LogP contribution is -2.31. The van der Waals surface area contributed by atoms with Crippen LogP contribution in [0.15, 0.2) is 140 Å². The Kier molecular flexibility index (Phi) is 5.41. The number of nitrogens with zero attached hydrogens (tertiary/aromatic N) is 2. The second-order valence-electron chi connectivity index (χ2n) is 8.43. The summed E-state index contributed by atoms with van der Waals surface area (Å²) in [4.78, 5) is 5.10. The van der Waals surface area contributed by atoms with Crippen molar-refractivity contribution in [3.05, 3.63) is 140 Å². The van der Waals surface area contributed by atoms with Crippen molar-refractivity contribution in [2.75, 3.05) is 0 Å². The molecule has 0 aliphatic heterocycles. The summed E-state index contributed by atoms with van der Waals surface area (Å²) in [6.45, 7) is 0. The molecule has 0 radical (unpaired) electrons. The molecule has 0 aliphatic carbocycles. The van der Waals surface area contributed by atoms with Crippen LogP contribution in [0.1, 0.15) is 0 Å². The summed E-state index contributed by atoms with van der Waals surface area (Å²) in [6, 6.07) is 46.0. The molecular formula is C31H23N2OP. The highest BCUT2D eigenvalue weighted by molar-refractivity contribution is 7.85. The van der Waals surface area contributed by atoms with Crippen LogP contribution in [-0.4, -0.2) is 9.55 Å². The van der Waals surface area contributed by atoms with Gasteiger partial charge in [0, 0.05) is 16.3 Å². The SMILES string of the molecule is O=P(c1ccccc1)(c1ccccc1)c1nc2cc(-c3ccccc3)ccc2n1-c1ccccc1. The number of para-hydroxylation sites is 1. The summed E-state index contributed by atoms with van der Waals surface area (Å²) in [7, 11) is -3.29. The Bertz CT molecular complexity index is 1600. The molecule has 3 nitrogen and oxygen atoms in total. The maximum Gasteiger partial charge on any atom is 0.205 e. The van der Waals surface area contributed by atoms with Gasteiger partial charge in [-0.25, -0.2) is 4.98 Å². The molecular weight excluding hydrogens is 447 g/mol. The summed E-state index contributed by atoms with van der Waals surface area (Å²) >= 11 is 0. The molecule has 0 fully saturated rings. The van der Waals surface area contributed by atoms with Crippen molar-refractivity contribution in [1.29, 1.82) is 0 Å². The van der Waals surface area contributed by atoms with Crippen LogP contribution in [0.25, 0.3) is 27.8 Å². The molecule has 168 valence electrons. The van der Waals surface area contributed by atoms with E-state index in [9.17, 15) is 0 Å². The predicted octanol–water partition coefficient (Wildman–Crippen LogP) is 6.33. The van der Waals surface area contributed by atoms with Crippen LogP contribution in [0.5, 0.6) is 0 Å². The van der Waals surface area contributed by atoms with Crippen LogP contribution in [0.3, 0.4) is 0 Å². The minimum Gasteiger partial charge on any atom is -0.305 e. The number of imidazole rings is 1. The highest BCUT2D eigenvalue weighted by Gasteiger charge is 2.35. The zero-order chi connectivity index (χ0) is 23.7. The van der Waals surface area contributed by atoms with Gasteiger partial charge in [0.2, 0.25) is 7.14 Å². The second kappa shape index (κ2) is 8.87. The van der Waals surface area contributed by atoms with Crippen LogP contribution in [0, 0.1) is 0 Å². The lowest BCUT2D eigenvalue weighted by atomic mass is 10.1. The Morgan fingerprint density at radius 1 is 0.543 bits per heavy atom. The topological polar surface area (TPSA) is 34.9 Å². The predicted molar refractivity (Wildman–Crippen MR) is 146 cm³/mol. The summed E-state index contributed by atoms with van der Waals surface area (Å²) in [5, 5.41) is 1.53. The maximum absolute atomic E-state index is 15.3. The van der Waals surface area contributed by atoms with Crippen molar-refractivity contribution in [2.45, 2.75) is 0 Å². The Labute approximate surface area is 204 Å². The fourth-order valence-electron chi connectivity index (χ4n) is 4.58. The molecule has 4 heteroatoms. The number of benzene rings is 5. The van der Waals surface area contributed by atoms with E-state index in [0.29, 0.717) is 5.57 Å². The molecule has 0 atom stereocenters. The molecule has 6 rings (SSSR count). The Balaban J connectivity index is 1.69. The molecule has 0 spiro atoms. The van der Waals surface area contributed by atoms with Crippen molar-refractivity contribution in [2.24, 2.45) is 0 Å². The highest BCUT2D eigenvalue weighted by Crippen LogP contribution is 2.43. The van der Waals surface area contributed by atoms with E-state index < -0.39 is 7.14 Å². The average molecular weight is 471 g/mol. The first-order valence-corrected chi connectivity index (χ1v) is 13.3. The van der Waals surface area contributed by atoms with Gasteiger partial charge in [-0.1, -0.05) is 115 Å². The third-order valence-corrected chi connectivity index (χ3v) is 9.19. The van der Waals surface area contributed by atoms with Gasteiger partial charge in [-0.3, -0.25) is 4.57 Å². The fraction of sp³-hybridized carbons (Fsp3) is 0. The number of rotatable bonds is 5. The summed E-state index contributed by atoms with van der Waals surface area (Å²) in [6.07, 6.45) is 0. The normalized spacial score (nSPS) is 11.5. The molecule has 1 heterocycles. The number of hydrogen-bond donors (Lipinski definition) is 0. The fourth-order valence-corrected chi connectivity index (χ4v) is 7.27. The third kappa shape index (κ3) is 3.71. The number of aromatic nitrogens is 2. The Morgan fingerprint density at radius 2 is 1.06 bits per heavy atom. The minimum atomic E-state index is -3.29. The van der Waals surface area contributed by atoms with E-state index in [1.165, 1.54) is 0 Å². The molecule has 5 aromatic carbocycles. The quantitative estimate of drug-likeness (QED) is 0.276. The molecule has 0 N–H and O–H groups in total. The number of fused-ring (bicyclic) bond motifs is 1. The van der Waals surface area contributed by atoms with Crippen LogP contribution in [0.4, 0.5) is 0 Å². The van der Waals surface area contributed by atoms with Gasteiger partial charge < -0.3 is 4.57 Å². The van der Waals surface area contributed by atoms with Gasteiger partial charge >= 0.3 is 0 Å². The third-order valence-electron chi connectivity index (χ3n) is 6.28. The smallest absolute Gasteiger partial charge is 0.205 e. The zero-order valence-electron chi connectivity index (χ0n) is 19.0. The standard InChI is InChI=1S/C31H23N2OP/c34-35(27-17-9-3-10-18-27,28-19-11-4-12-20-28)31-32-29-23-25(24-13-5-1-6-14-24)21-22-30(29)33(31)26-15-7-2-8-16-26/h1-23H. The van der Waals surface area contributed by atoms with E-state index in [0.717, 1.165) is 38.5 Å². The number of hydrogen-bond acceptors (Lipinski definition) is 2. The molecule has 6 aromatic rings. The lowest BCUT2D eigenvalue weighted by Gasteiger charge is -2.20. The largest absolute Gasteiger partial charge is 0.305 e. The molecule has 0 unspecified atom stereocenters. The van der Waals surface area contributed by atoms with Crippen molar-refractivity contribution in [1.82, 2.24) is 9.55 Å². The van der Waals surface area contributed by atoms with Crippen molar-refractivity contribution in [3.8, 4) is 16.8 Å². The van der Waals surface area contributed by atoms with E-state index >= 15 is 4.57 Å². The molecule has 0 amide bonds. The van der Waals surface area contributed by atoms with Crippen molar-refractivity contribution < 1.29 is 4.57 Å². The minimum absolute atomic E-state index is 0.557. The van der Waals surface area contributed by atoms with Crippen LogP contribution >= 0.6 is 7.14 Å². The molecule has 0 saturated carbocycles. The van der Waals surface area contributed by atoms with Gasteiger partial charge in [0.15, 0.2) is 5.57 Å². The molecule has 0 aliphatic rings. The molecule has 1 aromatic heterocycles. The monoisotopic (exact) mass is 470 g/mol. The molecule has 0 saturated heterocycles. The van der Waals surface area contributed by atoms with Crippen LogP contribution in [0.2, 0.25) is 0 Å². The molecule has 0 bridgehead atoms. The van der Waals surface area contributed by atoms with E-state index in [2.05, 4.69) is 34.9 Å². The van der Waals surface area contributed by atoms with Crippen molar-refractivity contribution in [3.63, 3.8) is 0 Å². The van der Waals surface area contributed by atoms with E-state index in [1.54, 1.807) is 0 Å². The average Bonchev–Trinajstić information content (AvgIpc) is 3.34. The first-order valence-electron chi connectivity index (χ1n) is 11.6. The maximum atomic E-state index is 15.3. The van der Waals surface area contributed by atoms with Gasteiger partial charge in [0.1, 0.15) is 0 Å². The van der Waals surface area contributed by atoms with E-state index in [4.69, 9.17) is 4.98 Å². The van der Waals surface area contributed by atoms with E-state index in [-0.39, 0.29) is 0 Å².